The standard InChI is InChI=1S/C13H13NO3S/c1-9-2-4-10(5-3-9)12-6-11(14-17-12)7-18-8-13(15)16/h2-6H,7-8H2,1H3,(H,15,16). The molecule has 0 spiro atoms. The Morgan fingerprint density at radius 3 is 2.78 bits per heavy atom. The van der Waals surface area contributed by atoms with Crippen molar-refractivity contribution in [1.82, 2.24) is 5.16 Å². The van der Waals surface area contributed by atoms with E-state index in [2.05, 4.69) is 5.16 Å². The van der Waals surface area contributed by atoms with Crippen LogP contribution >= 0.6 is 11.8 Å². The summed E-state index contributed by atoms with van der Waals surface area (Å²) in [5, 5.41) is 12.5. The van der Waals surface area contributed by atoms with Crippen molar-refractivity contribution in [2.24, 2.45) is 0 Å². The Kier molecular flexibility index (Phi) is 4.04. The minimum Gasteiger partial charge on any atom is -0.481 e. The summed E-state index contributed by atoms with van der Waals surface area (Å²) in [6.45, 7) is 2.03. The van der Waals surface area contributed by atoms with E-state index in [0.29, 0.717) is 11.5 Å². The number of aromatic nitrogens is 1. The summed E-state index contributed by atoms with van der Waals surface area (Å²) in [6.07, 6.45) is 0. The zero-order valence-electron chi connectivity index (χ0n) is 9.92. The first-order valence-electron chi connectivity index (χ1n) is 5.47. The summed E-state index contributed by atoms with van der Waals surface area (Å²) in [7, 11) is 0. The number of benzene rings is 1. The fourth-order valence-electron chi connectivity index (χ4n) is 1.48. The van der Waals surface area contributed by atoms with E-state index in [1.807, 2.05) is 37.3 Å². The zero-order chi connectivity index (χ0) is 13.0. The van der Waals surface area contributed by atoms with Crippen LogP contribution in [0.25, 0.3) is 11.3 Å². The van der Waals surface area contributed by atoms with Crippen molar-refractivity contribution in [3.63, 3.8) is 0 Å². The highest BCUT2D eigenvalue weighted by atomic mass is 32.2. The molecule has 1 aromatic carbocycles. The van der Waals surface area contributed by atoms with Crippen molar-refractivity contribution in [3.8, 4) is 11.3 Å². The van der Waals surface area contributed by atoms with Gasteiger partial charge in [-0.15, -0.1) is 11.8 Å². The molecule has 0 amide bonds. The first kappa shape index (κ1) is 12.7. The molecule has 1 aromatic heterocycles. The molecule has 1 N–H and O–H groups in total. The maximum atomic E-state index is 10.4. The number of aryl methyl sites for hydroxylation is 1. The second-order valence-electron chi connectivity index (χ2n) is 3.94. The number of hydrogen-bond donors (Lipinski definition) is 1. The molecule has 0 unspecified atom stereocenters. The molecule has 0 aliphatic carbocycles. The van der Waals surface area contributed by atoms with Crippen LogP contribution in [-0.4, -0.2) is 22.0 Å². The van der Waals surface area contributed by atoms with Gasteiger partial charge in [-0.2, -0.15) is 0 Å². The maximum absolute atomic E-state index is 10.4. The van der Waals surface area contributed by atoms with Gasteiger partial charge in [-0.25, -0.2) is 0 Å². The van der Waals surface area contributed by atoms with E-state index >= 15 is 0 Å². The Morgan fingerprint density at radius 1 is 1.39 bits per heavy atom. The van der Waals surface area contributed by atoms with Crippen molar-refractivity contribution in [2.75, 3.05) is 5.75 Å². The fraction of sp³-hybridized carbons (Fsp3) is 0.231. The molecule has 1 heterocycles. The van der Waals surface area contributed by atoms with Gasteiger partial charge in [-0.05, 0) is 6.92 Å². The van der Waals surface area contributed by atoms with Gasteiger partial charge in [-0.3, -0.25) is 4.79 Å². The average molecular weight is 263 g/mol. The van der Waals surface area contributed by atoms with Crippen molar-refractivity contribution in [1.29, 1.82) is 0 Å². The van der Waals surface area contributed by atoms with Crippen LogP contribution in [0.4, 0.5) is 0 Å². The lowest BCUT2D eigenvalue weighted by atomic mass is 10.1. The van der Waals surface area contributed by atoms with Gasteiger partial charge in [0, 0.05) is 17.4 Å². The molecule has 0 aliphatic rings. The molecule has 18 heavy (non-hydrogen) atoms. The average Bonchev–Trinajstić information content (AvgIpc) is 2.78. The number of rotatable bonds is 5. The molecule has 0 radical (unpaired) electrons. The molecule has 2 aromatic rings. The largest absolute Gasteiger partial charge is 0.481 e. The summed E-state index contributed by atoms with van der Waals surface area (Å²) >= 11 is 1.30. The predicted molar refractivity (Wildman–Crippen MR) is 70.5 cm³/mol. The number of aliphatic carboxylic acids is 1. The summed E-state index contributed by atoms with van der Waals surface area (Å²) in [5.41, 5.74) is 2.93. The minimum atomic E-state index is -0.817. The third-order valence-electron chi connectivity index (χ3n) is 2.37. The van der Waals surface area contributed by atoms with Crippen LogP contribution in [0.5, 0.6) is 0 Å². The Hall–Kier alpha value is -1.75. The molecule has 5 heteroatoms. The van der Waals surface area contributed by atoms with Gasteiger partial charge < -0.3 is 9.63 Å². The van der Waals surface area contributed by atoms with Gasteiger partial charge in [0.2, 0.25) is 0 Å². The summed E-state index contributed by atoms with van der Waals surface area (Å²) in [5.74, 6) is 0.511. The Morgan fingerprint density at radius 2 is 2.11 bits per heavy atom. The van der Waals surface area contributed by atoms with Crippen LogP contribution in [0.15, 0.2) is 34.9 Å². The van der Waals surface area contributed by atoms with Crippen LogP contribution in [0.2, 0.25) is 0 Å². The van der Waals surface area contributed by atoms with E-state index in [1.165, 1.54) is 17.3 Å². The molecular weight excluding hydrogens is 250 g/mol. The minimum absolute atomic E-state index is 0.0761. The Bertz CT molecular complexity index is 533. The van der Waals surface area contributed by atoms with Gasteiger partial charge in [0.1, 0.15) is 0 Å². The van der Waals surface area contributed by atoms with Crippen LogP contribution < -0.4 is 0 Å². The maximum Gasteiger partial charge on any atom is 0.313 e. The smallest absolute Gasteiger partial charge is 0.313 e. The lowest BCUT2D eigenvalue weighted by molar-refractivity contribution is -0.133. The van der Waals surface area contributed by atoms with Crippen molar-refractivity contribution < 1.29 is 14.4 Å². The van der Waals surface area contributed by atoms with Crippen molar-refractivity contribution >= 4 is 17.7 Å². The van der Waals surface area contributed by atoms with E-state index in [9.17, 15) is 4.79 Å². The Balaban J connectivity index is 2.01. The third kappa shape index (κ3) is 3.37. The summed E-state index contributed by atoms with van der Waals surface area (Å²) in [4.78, 5) is 10.4. The van der Waals surface area contributed by atoms with Gasteiger partial charge >= 0.3 is 5.97 Å². The van der Waals surface area contributed by atoms with Crippen LogP contribution in [0, 0.1) is 6.92 Å². The molecular formula is C13H13NO3S. The van der Waals surface area contributed by atoms with Crippen LogP contribution in [-0.2, 0) is 10.5 Å². The highest BCUT2D eigenvalue weighted by Gasteiger charge is 2.07. The molecule has 0 atom stereocenters. The van der Waals surface area contributed by atoms with Gasteiger partial charge in [0.15, 0.2) is 5.76 Å². The van der Waals surface area contributed by atoms with E-state index < -0.39 is 5.97 Å². The molecule has 0 bridgehead atoms. The van der Waals surface area contributed by atoms with Gasteiger partial charge in [0.25, 0.3) is 0 Å². The normalized spacial score (nSPS) is 10.5. The van der Waals surface area contributed by atoms with E-state index in [4.69, 9.17) is 9.63 Å². The van der Waals surface area contributed by atoms with Crippen molar-refractivity contribution in [3.05, 3.63) is 41.6 Å². The first-order valence-corrected chi connectivity index (χ1v) is 6.63. The van der Waals surface area contributed by atoms with Crippen LogP contribution in [0.1, 0.15) is 11.3 Å². The summed E-state index contributed by atoms with van der Waals surface area (Å²) < 4.78 is 5.24. The number of carboxylic acid groups (broad SMARTS) is 1. The number of thioether (sulfide) groups is 1. The number of carboxylic acids is 1. The Labute approximate surface area is 109 Å². The molecule has 0 aliphatic heterocycles. The second-order valence-corrected chi connectivity index (χ2v) is 4.92. The van der Waals surface area contributed by atoms with Crippen molar-refractivity contribution in [2.45, 2.75) is 12.7 Å². The molecule has 2 rings (SSSR count). The topological polar surface area (TPSA) is 63.3 Å². The monoisotopic (exact) mass is 263 g/mol. The number of carbonyl (C=O) groups is 1. The quantitative estimate of drug-likeness (QED) is 0.898. The highest BCUT2D eigenvalue weighted by molar-refractivity contribution is 7.99. The lowest BCUT2D eigenvalue weighted by Crippen LogP contribution is -1.98. The third-order valence-corrected chi connectivity index (χ3v) is 3.32. The van der Waals surface area contributed by atoms with Gasteiger partial charge in [0.05, 0.1) is 11.4 Å². The van der Waals surface area contributed by atoms with Crippen LogP contribution in [0.3, 0.4) is 0 Å². The second kappa shape index (κ2) is 5.73. The molecule has 4 nitrogen and oxygen atoms in total. The summed E-state index contributed by atoms with van der Waals surface area (Å²) in [6, 6.07) is 9.82. The fourth-order valence-corrected chi connectivity index (χ4v) is 2.10. The molecule has 0 saturated carbocycles. The molecule has 94 valence electrons. The van der Waals surface area contributed by atoms with E-state index in [0.717, 1.165) is 11.3 Å². The lowest BCUT2D eigenvalue weighted by Gasteiger charge is -1.95. The highest BCUT2D eigenvalue weighted by Crippen LogP contribution is 2.22. The first-order chi connectivity index (χ1) is 8.65. The predicted octanol–water partition coefficient (Wildman–Crippen LogP) is 2.97. The zero-order valence-corrected chi connectivity index (χ0v) is 10.7. The molecule has 0 fully saturated rings. The molecule has 0 saturated heterocycles. The van der Waals surface area contributed by atoms with Gasteiger partial charge in [-0.1, -0.05) is 35.0 Å². The number of nitrogens with zero attached hydrogens (tertiary/aromatic N) is 1. The number of hydrogen-bond acceptors (Lipinski definition) is 4. The van der Waals surface area contributed by atoms with E-state index in [1.54, 1.807) is 0 Å². The van der Waals surface area contributed by atoms with E-state index in [-0.39, 0.29) is 5.75 Å². The SMILES string of the molecule is Cc1ccc(-c2cc(CSCC(=O)O)no2)cc1.